The van der Waals surface area contributed by atoms with Crippen LogP contribution < -0.4 is 15.9 Å². The van der Waals surface area contributed by atoms with Crippen molar-refractivity contribution in [1.29, 1.82) is 0 Å². The summed E-state index contributed by atoms with van der Waals surface area (Å²) in [6.45, 7) is 7.32. The molecule has 0 aliphatic carbocycles. The SMILES string of the molecule is CCOP(=O)(OCC)c1ccc2c(c1)C(=C(Nc1ccc(CN3CCCCCC3)cc1)c1ccccc1)C(=O)N2. The Morgan fingerprint density at radius 1 is 0.900 bits per heavy atom. The van der Waals surface area contributed by atoms with Crippen LogP contribution >= 0.6 is 7.60 Å². The van der Waals surface area contributed by atoms with E-state index in [4.69, 9.17) is 9.05 Å². The van der Waals surface area contributed by atoms with Crippen molar-refractivity contribution in [2.75, 3.05) is 36.9 Å². The first-order chi connectivity index (χ1) is 19.5. The van der Waals surface area contributed by atoms with E-state index >= 15 is 0 Å². The topological polar surface area (TPSA) is 79.9 Å². The van der Waals surface area contributed by atoms with E-state index in [0.29, 0.717) is 27.8 Å². The minimum atomic E-state index is -3.53. The first kappa shape index (κ1) is 28.3. The van der Waals surface area contributed by atoms with Crippen molar-refractivity contribution in [3.63, 3.8) is 0 Å². The van der Waals surface area contributed by atoms with Gasteiger partial charge in [-0.2, -0.15) is 0 Å². The van der Waals surface area contributed by atoms with Gasteiger partial charge in [0.15, 0.2) is 0 Å². The largest absolute Gasteiger partial charge is 0.361 e. The van der Waals surface area contributed by atoms with E-state index < -0.39 is 7.60 Å². The van der Waals surface area contributed by atoms with Crippen molar-refractivity contribution < 1.29 is 18.4 Å². The highest BCUT2D eigenvalue weighted by molar-refractivity contribution is 7.62. The van der Waals surface area contributed by atoms with Gasteiger partial charge in [0, 0.05) is 23.5 Å². The third-order valence-corrected chi connectivity index (χ3v) is 9.41. The van der Waals surface area contributed by atoms with E-state index in [1.54, 1.807) is 32.0 Å². The van der Waals surface area contributed by atoms with Gasteiger partial charge in [0.25, 0.3) is 5.91 Å². The Morgan fingerprint density at radius 2 is 1.57 bits per heavy atom. The molecule has 0 spiro atoms. The maximum absolute atomic E-state index is 13.5. The molecular formula is C32H38N3O4P. The first-order valence-corrected chi connectivity index (χ1v) is 15.8. The standard InChI is InChI=1S/C32H38N3O4P/c1-3-38-40(37,39-4-2)27-18-19-29-28(22-27)30(32(36)34-29)31(25-12-8-7-9-13-25)33-26-16-14-24(15-17-26)23-35-20-10-5-6-11-21-35/h7-9,12-19,22,33H,3-6,10-11,20-21,23H2,1-2H3,(H,34,36). The highest BCUT2D eigenvalue weighted by Crippen LogP contribution is 2.48. The Morgan fingerprint density at radius 3 is 2.23 bits per heavy atom. The van der Waals surface area contributed by atoms with Gasteiger partial charge in [-0.25, -0.2) is 0 Å². The molecule has 1 fully saturated rings. The Bertz CT molecular complexity index is 1390. The van der Waals surface area contributed by atoms with Gasteiger partial charge < -0.3 is 19.7 Å². The third kappa shape index (κ3) is 6.39. The van der Waals surface area contributed by atoms with Crippen LogP contribution in [0.3, 0.4) is 0 Å². The molecule has 3 aromatic carbocycles. The Kier molecular flexibility index (Phi) is 9.18. The summed E-state index contributed by atoms with van der Waals surface area (Å²) in [6.07, 6.45) is 5.18. The van der Waals surface area contributed by atoms with E-state index in [2.05, 4.69) is 39.8 Å². The van der Waals surface area contributed by atoms with Gasteiger partial charge in [0.1, 0.15) is 0 Å². The van der Waals surface area contributed by atoms with Crippen LogP contribution in [0.15, 0.2) is 72.8 Å². The Labute approximate surface area is 237 Å². The van der Waals surface area contributed by atoms with E-state index in [9.17, 15) is 9.36 Å². The summed E-state index contributed by atoms with van der Waals surface area (Å²) in [5, 5.41) is 6.93. The zero-order valence-electron chi connectivity index (χ0n) is 23.3. The molecule has 7 nitrogen and oxygen atoms in total. The van der Waals surface area contributed by atoms with Crippen LogP contribution in [0.25, 0.3) is 11.3 Å². The van der Waals surface area contributed by atoms with Gasteiger partial charge in [-0.1, -0.05) is 55.3 Å². The van der Waals surface area contributed by atoms with Crippen LogP contribution in [0.5, 0.6) is 0 Å². The van der Waals surface area contributed by atoms with E-state index in [0.717, 1.165) is 30.9 Å². The zero-order valence-corrected chi connectivity index (χ0v) is 24.2. The van der Waals surface area contributed by atoms with E-state index in [1.807, 2.05) is 30.3 Å². The molecule has 0 atom stereocenters. The highest BCUT2D eigenvalue weighted by atomic mass is 31.2. The lowest BCUT2D eigenvalue weighted by atomic mass is 10.00. The van der Waals surface area contributed by atoms with Crippen LogP contribution in [0.1, 0.15) is 56.2 Å². The van der Waals surface area contributed by atoms with Crippen molar-refractivity contribution in [1.82, 2.24) is 4.90 Å². The fourth-order valence-corrected chi connectivity index (χ4v) is 6.97. The van der Waals surface area contributed by atoms with Gasteiger partial charge in [-0.3, -0.25) is 14.3 Å². The number of hydrogen-bond donors (Lipinski definition) is 2. The average Bonchev–Trinajstić information content (AvgIpc) is 3.10. The maximum Gasteiger partial charge on any atom is 0.361 e. The predicted molar refractivity (Wildman–Crippen MR) is 163 cm³/mol. The monoisotopic (exact) mass is 559 g/mol. The minimum Gasteiger partial charge on any atom is -0.354 e. The van der Waals surface area contributed by atoms with Gasteiger partial charge >= 0.3 is 7.60 Å². The van der Waals surface area contributed by atoms with E-state index in [-0.39, 0.29) is 19.1 Å². The summed E-state index contributed by atoms with van der Waals surface area (Å²) in [5.74, 6) is -0.223. The lowest BCUT2D eigenvalue weighted by molar-refractivity contribution is -0.110. The molecule has 40 heavy (non-hydrogen) atoms. The lowest BCUT2D eigenvalue weighted by Crippen LogP contribution is -2.23. The smallest absolute Gasteiger partial charge is 0.354 e. The molecule has 210 valence electrons. The fourth-order valence-electron chi connectivity index (χ4n) is 5.37. The molecule has 2 N–H and O–H groups in total. The van der Waals surface area contributed by atoms with Crippen LogP contribution in [0, 0.1) is 0 Å². The van der Waals surface area contributed by atoms with Crippen LogP contribution in [0.2, 0.25) is 0 Å². The van der Waals surface area contributed by atoms with Gasteiger partial charge in [-0.15, -0.1) is 0 Å². The highest BCUT2D eigenvalue weighted by Gasteiger charge is 2.33. The molecule has 2 aliphatic heterocycles. The second kappa shape index (κ2) is 13.0. The van der Waals surface area contributed by atoms with Crippen molar-refractivity contribution in [3.05, 3.63) is 89.5 Å². The van der Waals surface area contributed by atoms with Gasteiger partial charge in [0.05, 0.1) is 29.8 Å². The van der Waals surface area contributed by atoms with Gasteiger partial charge in [-0.05, 0) is 81.2 Å². The quantitative estimate of drug-likeness (QED) is 0.208. The number of nitrogens with zero attached hydrogens (tertiary/aromatic N) is 1. The number of hydrogen-bond acceptors (Lipinski definition) is 6. The fraction of sp³-hybridized carbons (Fsp3) is 0.344. The number of likely N-dealkylation sites (tertiary alicyclic amines) is 1. The maximum atomic E-state index is 13.5. The average molecular weight is 560 g/mol. The molecular weight excluding hydrogens is 521 g/mol. The zero-order chi connectivity index (χ0) is 28.0. The first-order valence-electron chi connectivity index (χ1n) is 14.2. The number of amides is 1. The van der Waals surface area contributed by atoms with Crippen molar-refractivity contribution in [2.45, 2.75) is 46.1 Å². The number of carbonyl (C=O) groups excluding carboxylic acids is 1. The van der Waals surface area contributed by atoms with Crippen LogP contribution in [0.4, 0.5) is 11.4 Å². The van der Waals surface area contributed by atoms with Crippen molar-refractivity contribution in [3.8, 4) is 0 Å². The Balaban J connectivity index is 1.50. The number of benzene rings is 3. The Hall–Kier alpha value is -3.22. The van der Waals surface area contributed by atoms with E-state index in [1.165, 1.54) is 31.2 Å². The second-order valence-electron chi connectivity index (χ2n) is 10.1. The molecule has 5 rings (SSSR count). The predicted octanol–water partition coefficient (Wildman–Crippen LogP) is 6.89. The summed E-state index contributed by atoms with van der Waals surface area (Å²) in [6, 6.07) is 23.5. The molecule has 0 aromatic heterocycles. The molecule has 0 unspecified atom stereocenters. The number of fused-ring (bicyclic) bond motifs is 1. The summed E-state index contributed by atoms with van der Waals surface area (Å²) in [4.78, 5) is 15.9. The lowest BCUT2D eigenvalue weighted by Gasteiger charge is -2.20. The number of carbonyl (C=O) groups is 1. The summed E-state index contributed by atoms with van der Waals surface area (Å²) in [7, 11) is -3.53. The molecule has 8 heteroatoms. The second-order valence-corrected chi connectivity index (χ2v) is 12.2. The molecule has 0 radical (unpaired) electrons. The minimum absolute atomic E-state index is 0.223. The third-order valence-electron chi connectivity index (χ3n) is 7.30. The van der Waals surface area contributed by atoms with Crippen LogP contribution in [-0.4, -0.2) is 37.1 Å². The summed E-state index contributed by atoms with van der Waals surface area (Å²) >= 11 is 0. The van der Waals surface area contributed by atoms with Crippen molar-refractivity contribution >= 4 is 41.5 Å². The normalized spacial score (nSPS) is 17.2. The molecule has 1 saturated heterocycles. The number of anilines is 2. The van der Waals surface area contributed by atoms with Crippen LogP contribution in [-0.2, 0) is 25.0 Å². The molecule has 2 aliphatic rings. The summed E-state index contributed by atoms with van der Waals surface area (Å²) in [5.41, 5.74) is 5.51. The van der Waals surface area contributed by atoms with Gasteiger partial charge in [0.2, 0.25) is 0 Å². The summed E-state index contributed by atoms with van der Waals surface area (Å²) < 4.78 is 24.7. The number of rotatable bonds is 10. The number of nitrogens with one attached hydrogen (secondary N) is 2. The molecule has 0 saturated carbocycles. The molecule has 2 heterocycles. The molecule has 3 aromatic rings. The molecule has 0 bridgehead atoms. The molecule has 1 amide bonds. The van der Waals surface area contributed by atoms with Crippen molar-refractivity contribution in [2.24, 2.45) is 0 Å².